The average molecular weight is 361 g/mol. The van der Waals surface area contributed by atoms with Gasteiger partial charge in [-0.15, -0.1) is 11.6 Å². The molecule has 1 saturated heterocycles. The number of carbonyl (C=O) groups is 2. The first-order chi connectivity index (χ1) is 12.2. The largest absolute Gasteiger partial charge is 0.448 e. The fraction of sp³-hybridized carbons (Fsp3) is 0.368. The van der Waals surface area contributed by atoms with Gasteiger partial charge in [0.1, 0.15) is 6.61 Å². The van der Waals surface area contributed by atoms with Gasteiger partial charge in [-0.05, 0) is 29.7 Å². The zero-order valence-corrected chi connectivity index (χ0v) is 14.7. The summed E-state index contributed by atoms with van der Waals surface area (Å²) in [7, 11) is 0. The van der Waals surface area contributed by atoms with Crippen molar-refractivity contribution in [3.63, 3.8) is 0 Å². The molecule has 3 rings (SSSR count). The number of nitrogens with one attached hydrogen (secondary N) is 1. The van der Waals surface area contributed by atoms with Crippen LogP contribution in [-0.4, -0.2) is 48.5 Å². The van der Waals surface area contributed by atoms with Crippen molar-refractivity contribution >= 4 is 34.4 Å². The topological polar surface area (TPSA) is 58.6 Å². The zero-order chi connectivity index (χ0) is 17.6. The van der Waals surface area contributed by atoms with Gasteiger partial charge in [0.15, 0.2) is 0 Å². The Morgan fingerprint density at radius 2 is 1.84 bits per heavy atom. The van der Waals surface area contributed by atoms with Gasteiger partial charge in [-0.2, -0.15) is 0 Å². The Labute approximate surface area is 151 Å². The average Bonchev–Trinajstić information content (AvgIpc) is 2.66. The van der Waals surface area contributed by atoms with Crippen LogP contribution in [0, 0.1) is 0 Å². The molecule has 5 nitrogen and oxygen atoms in total. The fourth-order valence-electron chi connectivity index (χ4n) is 3.15. The van der Waals surface area contributed by atoms with Crippen molar-refractivity contribution in [3.8, 4) is 0 Å². The van der Waals surface area contributed by atoms with Crippen LogP contribution >= 0.6 is 11.6 Å². The molecule has 0 saturated carbocycles. The molecule has 132 valence electrons. The first kappa shape index (κ1) is 17.5. The lowest BCUT2D eigenvalue weighted by Crippen LogP contribution is -2.46. The molecule has 2 aromatic rings. The number of alkyl halides is 1. The zero-order valence-electron chi connectivity index (χ0n) is 13.9. The molecular weight excluding hydrogens is 340 g/mol. The number of benzene rings is 2. The van der Waals surface area contributed by atoms with Crippen LogP contribution in [-0.2, 0) is 4.74 Å². The van der Waals surface area contributed by atoms with E-state index in [1.54, 1.807) is 0 Å². The monoisotopic (exact) mass is 360 g/mol. The second kappa shape index (κ2) is 8.21. The first-order valence-electron chi connectivity index (χ1n) is 8.45. The number of nitrogens with zero attached hydrogens (tertiary/aromatic N) is 1. The third kappa shape index (κ3) is 4.23. The van der Waals surface area contributed by atoms with E-state index in [1.165, 1.54) is 0 Å². The number of fused-ring (bicyclic) bond motifs is 1. The highest BCUT2D eigenvalue weighted by Crippen LogP contribution is 2.22. The Morgan fingerprint density at radius 1 is 1.12 bits per heavy atom. The second-order valence-electron chi connectivity index (χ2n) is 6.06. The molecule has 2 aromatic carbocycles. The molecule has 0 atom stereocenters. The number of piperidine rings is 1. The van der Waals surface area contributed by atoms with Crippen LogP contribution in [0.2, 0.25) is 0 Å². The molecule has 0 aliphatic carbocycles. The van der Waals surface area contributed by atoms with E-state index in [0.717, 1.165) is 16.3 Å². The third-order valence-corrected chi connectivity index (χ3v) is 4.59. The summed E-state index contributed by atoms with van der Waals surface area (Å²) in [6, 6.07) is 13.7. The smallest absolute Gasteiger partial charge is 0.407 e. The van der Waals surface area contributed by atoms with Gasteiger partial charge in [-0.3, -0.25) is 4.79 Å². The summed E-state index contributed by atoms with van der Waals surface area (Å²) in [5.41, 5.74) is 0.728. The Bertz CT molecular complexity index is 752. The molecule has 0 radical (unpaired) electrons. The molecule has 0 unspecified atom stereocenters. The van der Waals surface area contributed by atoms with Gasteiger partial charge in [-0.25, -0.2) is 4.79 Å². The molecule has 6 heteroatoms. The SMILES string of the molecule is O=C(NC1CCN(C(=O)c2cccc3ccccc23)CC1)OCCCl. The maximum Gasteiger partial charge on any atom is 0.407 e. The molecule has 2 amide bonds. The van der Waals surface area contributed by atoms with Crippen LogP contribution < -0.4 is 5.32 Å². The Hall–Kier alpha value is -2.27. The van der Waals surface area contributed by atoms with E-state index in [1.807, 2.05) is 47.4 Å². The number of hydrogen-bond donors (Lipinski definition) is 1. The number of rotatable bonds is 4. The number of hydrogen-bond acceptors (Lipinski definition) is 3. The van der Waals surface area contributed by atoms with Gasteiger partial charge in [0.05, 0.1) is 5.88 Å². The molecule has 1 N–H and O–H groups in total. The highest BCUT2D eigenvalue weighted by Gasteiger charge is 2.25. The van der Waals surface area contributed by atoms with Crippen molar-refractivity contribution in [1.29, 1.82) is 0 Å². The normalized spacial score (nSPS) is 15.2. The van der Waals surface area contributed by atoms with Gasteiger partial charge >= 0.3 is 6.09 Å². The summed E-state index contributed by atoms with van der Waals surface area (Å²) >= 11 is 5.49. The first-order valence-corrected chi connectivity index (χ1v) is 8.99. The summed E-state index contributed by atoms with van der Waals surface area (Å²) in [5.74, 6) is 0.325. The molecule has 0 spiro atoms. The lowest BCUT2D eigenvalue weighted by Gasteiger charge is -2.32. The van der Waals surface area contributed by atoms with E-state index in [2.05, 4.69) is 5.32 Å². The summed E-state index contributed by atoms with van der Waals surface area (Å²) < 4.78 is 4.92. The molecule has 1 heterocycles. The van der Waals surface area contributed by atoms with E-state index in [-0.39, 0.29) is 24.4 Å². The molecule has 0 bridgehead atoms. The summed E-state index contributed by atoms with van der Waals surface area (Å²) in [4.78, 5) is 26.3. The quantitative estimate of drug-likeness (QED) is 0.850. The minimum atomic E-state index is -0.445. The fourth-order valence-corrected chi connectivity index (χ4v) is 3.23. The number of halogens is 1. The second-order valence-corrected chi connectivity index (χ2v) is 6.44. The van der Waals surface area contributed by atoms with Crippen LogP contribution in [0.3, 0.4) is 0 Å². The number of likely N-dealkylation sites (tertiary alicyclic amines) is 1. The molecule has 1 aliphatic rings. The Balaban J connectivity index is 1.61. The molecule has 1 aliphatic heterocycles. The highest BCUT2D eigenvalue weighted by molar-refractivity contribution is 6.18. The van der Waals surface area contributed by atoms with Crippen molar-refractivity contribution in [2.75, 3.05) is 25.6 Å². The molecule has 25 heavy (non-hydrogen) atoms. The van der Waals surface area contributed by atoms with Crippen LogP contribution in [0.1, 0.15) is 23.2 Å². The summed E-state index contributed by atoms with van der Waals surface area (Å²) in [6.07, 6.45) is 0.985. The van der Waals surface area contributed by atoms with E-state index in [9.17, 15) is 9.59 Å². The highest BCUT2D eigenvalue weighted by atomic mass is 35.5. The minimum absolute atomic E-state index is 0.0272. The van der Waals surface area contributed by atoms with E-state index < -0.39 is 6.09 Å². The lowest BCUT2D eigenvalue weighted by atomic mass is 10.0. The predicted octanol–water partition coefficient (Wildman–Crippen LogP) is 3.41. The number of amides is 2. The van der Waals surface area contributed by atoms with Crippen molar-refractivity contribution < 1.29 is 14.3 Å². The minimum Gasteiger partial charge on any atom is -0.448 e. The van der Waals surface area contributed by atoms with E-state index in [0.29, 0.717) is 25.9 Å². The predicted molar refractivity (Wildman–Crippen MR) is 98.1 cm³/mol. The van der Waals surface area contributed by atoms with Crippen molar-refractivity contribution in [3.05, 3.63) is 48.0 Å². The van der Waals surface area contributed by atoms with Gasteiger partial charge in [-0.1, -0.05) is 36.4 Å². The van der Waals surface area contributed by atoms with Gasteiger partial charge in [0.2, 0.25) is 0 Å². The lowest BCUT2D eigenvalue weighted by molar-refractivity contribution is 0.0704. The number of alkyl carbamates (subject to hydrolysis) is 1. The number of carbonyl (C=O) groups excluding carboxylic acids is 2. The molecule has 0 aromatic heterocycles. The molecule has 1 fully saturated rings. The molecular formula is C19H21ClN2O3. The van der Waals surface area contributed by atoms with Crippen LogP contribution in [0.15, 0.2) is 42.5 Å². The summed E-state index contributed by atoms with van der Waals surface area (Å²) in [6.45, 7) is 1.43. The van der Waals surface area contributed by atoms with Crippen molar-refractivity contribution in [1.82, 2.24) is 10.2 Å². The van der Waals surface area contributed by atoms with Gasteiger partial charge < -0.3 is 15.0 Å². The maximum absolute atomic E-state index is 12.9. The number of ether oxygens (including phenoxy) is 1. The maximum atomic E-state index is 12.9. The van der Waals surface area contributed by atoms with Gasteiger partial charge in [0, 0.05) is 24.7 Å². The van der Waals surface area contributed by atoms with Crippen LogP contribution in [0.4, 0.5) is 4.79 Å². The van der Waals surface area contributed by atoms with Crippen molar-refractivity contribution in [2.24, 2.45) is 0 Å². The van der Waals surface area contributed by atoms with Crippen LogP contribution in [0.25, 0.3) is 10.8 Å². The van der Waals surface area contributed by atoms with Crippen LogP contribution in [0.5, 0.6) is 0 Å². The van der Waals surface area contributed by atoms with Crippen molar-refractivity contribution in [2.45, 2.75) is 18.9 Å². The van der Waals surface area contributed by atoms with E-state index >= 15 is 0 Å². The Kier molecular flexibility index (Phi) is 5.76. The summed E-state index contributed by atoms with van der Waals surface area (Å²) in [5, 5.41) is 4.86. The van der Waals surface area contributed by atoms with Gasteiger partial charge in [0.25, 0.3) is 5.91 Å². The Morgan fingerprint density at radius 3 is 2.60 bits per heavy atom. The third-order valence-electron chi connectivity index (χ3n) is 4.43. The van der Waals surface area contributed by atoms with E-state index in [4.69, 9.17) is 16.3 Å². The standard InChI is InChI=1S/C19H21ClN2O3/c20-10-13-25-19(24)21-15-8-11-22(12-9-15)18(23)17-7-3-5-14-4-1-2-6-16(14)17/h1-7,15H,8-13H2,(H,21,24).